The van der Waals surface area contributed by atoms with Crippen LogP contribution in [0.5, 0.6) is 0 Å². The van der Waals surface area contributed by atoms with Crippen LogP contribution in [0.25, 0.3) is 10.9 Å². The molecule has 2 heterocycles. The highest BCUT2D eigenvalue weighted by Gasteiger charge is 2.22. The molecule has 1 aromatic heterocycles. The first-order valence-electron chi connectivity index (χ1n) is 7.71. The van der Waals surface area contributed by atoms with Crippen molar-refractivity contribution < 1.29 is 0 Å². The van der Waals surface area contributed by atoms with E-state index in [-0.39, 0.29) is 0 Å². The van der Waals surface area contributed by atoms with Gasteiger partial charge in [0.15, 0.2) is 0 Å². The summed E-state index contributed by atoms with van der Waals surface area (Å²) in [6.07, 6.45) is 6.44. The topological polar surface area (TPSA) is 42.1 Å². The molecule has 0 amide bonds. The van der Waals surface area contributed by atoms with Crippen molar-refractivity contribution in [1.82, 2.24) is 4.98 Å². The van der Waals surface area contributed by atoms with Gasteiger partial charge in [-0.3, -0.25) is 0 Å². The Kier molecular flexibility index (Phi) is 3.77. The van der Waals surface area contributed by atoms with Gasteiger partial charge in [-0.15, -0.1) is 0 Å². The first kappa shape index (κ1) is 13.2. The second-order valence-electron chi connectivity index (χ2n) is 5.75. The predicted molar refractivity (Wildman–Crippen MR) is 86.0 cm³/mol. The summed E-state index contributed by atoms with van der Waals surface area (Å²) >= 11 is 0. The summed E-state index contributed by atoms with van der Waals surface area (Å²) < 4.78 is 0. The maximum absolute atomic E-state index is 5.83. The van der Waals surface area contributed by atoms with Crippen LogP contribution < -0.4 is 10.6 Å². The molecule has 106 valence electrons. The number of hydrogen-bond acceptors (Lipinski definition) is 3. The van der Waals surface area contributed by atoms with Gasteiger partial charge in [-0.25, -0.2) is 4.98 Å². The molecule has 2 aromatic rings. The van der Waals surface area contributed by atoms with Crippen molar-refractivity contribution in [2.45, 2.75) is 45.1 Å². The van der Waals surface area contributed by atoms with Crippen LogP contribution in [-0.4, -0.2) is 17.6 Å². The lowest BCUT2D eigenvalue weighted by Crippen LogP contribution is -2.40. The lowest BCUT2D eigenvalue weighted by Gasteiger charge is -2.36. The van der Waals surface area contributed by atoms with Crippen LogP contribution >= 0.6 is 0 Å². The van der Waals surface area contributed by atoms with Gasteiger partial charge < -0.3 is 10.6 Å². The smallest absolute Gasteiger partial charge is 0.129 e. The van der Waals surface area contributed by atoms with E-state index in [1.807, 2.05) is 18.2 Å². The number of fused-ring (bicyclic) bond motifs is 1. The van der Waals surface area contributed by atoms with Gasteiger partial charge in [0, 0.05) is 23.7 Å². The number of nitrogens with zero attached hydrogens (tertiary/aromatic N) is 2. The van der Waals surface area contributed by atoms with Gasteiger partial charge in [0.2, 0.25) is 0 Å². The number of pyridine rings is 1. The van der Waals surface area contributed by atoms with Gasteiger partial charge >= 0.3 is 0 Å². The van der Waals surface area contributed by atoms with Crippen molar-refractivity contribution in [3.63, 3.8) is 0 Å². The maximum Gasteiger partial charge on any atom is 0.129 e. The number of hydrogen-bond donors (Lipinski definition) is 1. The molecule has 3 rings (SSSR count). The molecule has 2 N–H and O–H groups in total. The van der Waals surface area contributed by atoms with Crippen LogP contribution in [0.2, 0.25) is 0 Å². The van der Waals surface area contributed by atoms with Crippen molar-refractivity contribution in [3.8, 4) is 0 Å². The Morgan fingerprint density at radius 3 is 3.00 bits per heavy atom. The fourth-order valence-electron chi connectivity index (χ4n) is 3.23. The molecule has 1 aliphatic rings. The quantitative estimate of drug-likeness (QED) is 0.857. The third kappa shape index (κ3) is 2.58. The second-order valence-corrected chi connectivity index (χ2v) is 5.75. The van der Waals surface area contributed by atoms with Gasteiger partial charge in [0.1, 0.15) is 5.82 Å². The monoisotopic (exact) mass is 269 g/mol. The van der Waals surface area contributed by atoms with Crippen molar-refractivity contribution >= 4 is 22.4 Å². The molecular formula is C17H23N3. The number of anilines is 2. The fourth-order valence-corrected chi connectivity index (χ4v) is 3.23. The summed E-state index contributed by atoms with van der Waals surface area (Å²) in [5.41, 5.74) is 7.67. The van der Waals surface area contributed by atoms with Crippen LogP contribution in [0.4, 0.5) is 11.5 Å². The van der Waals surface area contributed by atoms with Crippen molar-refractivity contribution in [3.05, 3.63) is 30.3 Å². The molecule has 0 saturated carbocycles. The standard InChI is InChI=1S/C17H23N3/c1-2-5-15-6-3-4-11-20(15)17-10-7-13-12-14(18)8-9-16(13)19-17/h7-10,12,15H,2-6,11,18H2,1H3. The molecule has 1 atom stereocenters. The Bertz CT molecular complexity index is 592. The maximum atomic E-state index is 5.83. The molecule has 3 nitrogen and oxygen atoms in total. The zero-order chi connectivity index (χ0) is 13.9. The second kappa shape index (κ2) is 5.70. The molecule has 1 unspecified atom stereocenters. The minimum atomic E-state index is 0.660. The molecule has 3 heteroatoms. The molecule has 0 bridgehead atoms. The van der Waals surface area contributed by atoms with E-state index in [1.54, 1.807) is 0 Å². The van der Waals surface area contributed by atoms with E-state index in [1.165, 1.54) is 32.1 Å². The largest absolute Gasteiger partial charge is 0.399 e. The summed E-state index contributed by atoms with van der Waals surface area (Å²) in [6.45, 7) is 3.40. The van der Waals surface area contributed by atoms with E-state index in [0.717, 1.165) is 29.0 Å². The third-order valence-corrected chi connectivity index (χ3v) is 4.24. The Hall–Kier alpha value is -1.77. The fraction of sp³-hybridized carbons (Fsp3) is 0.471. The molecule has 0 radical (unpaired) electrons. The minimum absolute atomic E-state index is 0.660. The summed E-state index contributed by atoms with van der Waals surface area (Å²) in [5, 5.41) is 1.12. The highest BCUT2D eigenvalue weighted by Crippen LogP contribution is 2.27. The van der Waals surface area contributed by atoms with Crippen molar-refractivity contribution in [2.75, 3.05) is 17.2 Å². The van der Waals surface area contributed by atoms with Crippen LogP contribution in [0.3, 0.4) is 0 Å². The number of piperidine rings is 1. The van der Waals surface area contributed by atoms with Crippen LogP contribution in [0, 0.1) is 0 Å². The van der Waals surface area contributed by atoms with Crippen LogP contribution in [0.15, 0.2) is 30.3 Å². The van der Waals surface area contributed by atoms with Gasteiger partial charge in [-0.1, -0.05) is 13.3 Å². The third-order valence-electron chi connectivity index (χ3n) is 4.24. The molecule has 1 aliphatic heterocycles. The zero-order valence-electron chi connectivity index (χ0n) is 12.2. The number of aromatic nitrogens is 1. The van der Waals surface area contributed by atoms with E-state index in [4.69, 9.17) is 10.7 Å². The first-order valence-corrected chi connectivity index (χ1v) is 7.71. The highest BCUT2D eigenvalue weighted by molar-refractivity contribution is 5.83. The summed E-state index contributed by atoms with van der Waals surface area (Å²) in [5.74, 6) is 1.13. The van der Waals surface area contributed by atoms with Gasteiger partial charge in [-0.2, -0.15) is 0 Å². The predicted octanol–water partition coefficient (Wildman–Crippen LogP) is 3.98. The van der Waals surface area contributed by atoms with Gasteiger partial charge in [0.05, 0.1) is 5.52 Å². The van der Waals surface area contributed by atoms with Crippen LogP contribution in [-0.2, 0) is 0 Å². The lowest BCUT2D eigenvalue weighted by atomic mass is 9.98. The Balaban J connectivity index is 1.93. The molecule has 1 saturated heterocycles. The Morgan fingerprint density at radius 2 is 2.15 bits per heavy atom. The normalized spacial score (nSPS) is 19.4. The Morgan fingerprint density at radius 1 is 1.25 bits per heavy atom. The molecule has 1 fully saturated rings. The molecule has 1 aromatic carbocycles. The number of nitrogens with two attached hydrogens (primary N) is 1. The number of rotatable bonds is 3. The SMILES string of the molecule is CCCC1CCCCN1c1ccc2cc(N)ccc2n1. The summed E-state index contributed by atoms with van der Waals surface area (Å²) in [7, 11) is 0. The van der Waals surface area contributed by atoms with Gasteiger partial charge in [-0.05, 0) is 56.0 Å². The molecule has 20 heavy (non-hydrogen) atoms. The molecule has 0 spiro atoms. The Labute approximate surface area is 120 Å². The van der Waals surface area contributed by atoms with E-state index in [2.05, 4.69) is 24.0 Å². The van der Waals surface area contributed by atoms with E-state index in [0.29, 0.717) is 6.04 Å². The summed E-state index contributed by atoms with van der Waals surface area (Å²) in [6, 6.07) is 10.9. The molecule has 0 aliphatic carbocycles. The van der Waals surface area contributed by atoms with E-state index >= 15 is 0 Å². The highest BCUT2D eigenvalue weighted by atomic mass is 15.2. The van der Waals surface area contributed by atoms with E-state index < -0.39 is 0 Å². The van der Waals surface area contributed by atoms with Crippen molar-refractivity contribution in [2.24, 2.45) is 0 Å². The van der Waals surface area contributed by atoms with Crippen molar-refractivity contribution in [1.29, 1.82) is 0 Å². The molecular weight excluding hydrogens is 246 g/mol. The number of nitrogen functional groups attached to an aromatic ring is 1. The average Bonchev–Trinajstić information content (AvgIpc) is 2.48. The lowest BCUT2D eigenvalue weighted by molar-refractivity contribution is 0.432. The minimum Gasteiger partial charge on any atom is -0.399 e. The number of benzene rings is 1. The van der Waals surface area contributed by atoms with Gasteiger partial charge in [0.25, 0.3) is 0 Å². The first-order chi connectivity index (χ1) is 9.78. The van der Waals surface area contributed by atoms with E-state index in [9.17, 15) is 0 Å². The van der Waals surface area contributed by atoms with Crippen LogP contribution in [0.1, 0.15) is 39.0 Å². The summed E-state index contributed by atoms with van der Waals surface area (Å²) in [4.78, 5) is 7.35. The average molecular weight is 269 g/mol. The zero-order valence-corrected chi connectivity index (χ0v) is 12.2.